The molecule has 0 saturated heterocycles. The molecule has 0 bridgehead atoms. The Morgan fingerprint density at radius 2 is 1.09 bits per heavy atom. The molecule has 0 N–H and O–H groups in total. The first-order chi connectivity index (χ1) is 22.3. The van der Waals surface area contributed by atoms with E-state index in [-0.39, 0.29) is 0 Å². The van der Waals surface area contributed by atoms with Crippen molar-refractivity contribution in [2.75, 3.05) is 4.90 Å². The summed E-state index contributed by atoms with van der Waals surface area (Å²) in [4.78, 5) is 7.16. The van der Waals surface area contributed by atoms with Crippen LogP contribution < -0.4 is 4.90 Å². The van der Waals surface area contributed by atoms with Crippen molar-refractivity contribution in [3.05, 3.63) is 170 Å². The van der Waals surface area contributed by atoms with Gasteiger partial charge in [0.25, 0.3) is 0 Å². The molecule has 212 valence electrons. The standard InChI is InChI=1S/C41H28N4/c1-2-10-31-27-35(21-16-29(31)9-1)44(32-19-17-30(18-20-32)38-28-43-26-8-7-15-41(43)42-38)33-22-24-34(25-23-33)45-39-13-5-3-11-36(39)37-12-4-6-14-40(37)45/h1-28H. The minimum atomic E-state index is 0.942. The number of fused-ring (bicyclic) bond motifs is 5. The third kappa shape index (κ3) is 4.27. The van der Waals surface area contributed by atoms with Gasteiger partial charge in [-0.3, -0.25) is 0 Å². The number of para-hydroxylation sites is 2. The van der Waals surface area contributed by atoms with E-state index in [4.69, 9.17) is 4.98 Å². The summed E-state index contributed by atoms with van der Waals surface area (Å²) in [5.74, 6) is 0. The SMILES string of the molecule is c1ccc2cc(N(c3ccc(-c4cn5ccccc5n4)cc3)c3ccc(-n4c5ccccc5c5ccccc54)cc3)ccc2c1. The molecule has 4 nitrogen and oxygen atoms in total. The van der Waals surface area contributed by atoms with Crippen molar-refractivity contribution in [1.29, 1.82) is 0 Å². The van der Waals surface area contributed by atoms with Gasteiger partial charge in [0.2, 0.25) is 0 Å². The molecule has 0 aliphatic heterocycles. The monoisotopic (exact) mass is 576 g/mol. The third-order valence-electron chi connectivity index (χ3n) is 8.72. The average molecular weight is 577 g/mol. The maximum Gasteiger partial charge on any atom is 0.137 e. The smallest absolute Gasteiger partial charge is 0.137 e. The zero-order chi connectivity index (χ0) is 29.7. The quantitative estimate of drug-likeness (QED) is 0.204. The van der Waals surface area contributed by atoms with Crippen LogP contribution in [0.5, 0.6) is 0 Å². The number of benzene rings is 6. The van der Waals surface area contributed by atoms with Gasteiger partial charge in [-0.05, 0) is 83.6 Å². The normalized spacial score (nSPS) is 11.6. The molecule has 0 spiro atoms. The molecule has 0 aliphatic rings. The summed E-state index contributed by atoms with van der Waals surface area (Å²) in [5.41, 5.74) is 9.83. The third-order valence-corrected chi connectivity index (χ3v) is 8.72. The predicted molar refractivity (Wildman–Crippen MR) is 187 cm³/mol. The zero-order valence-electron chi connectivity index (χ0n) is 24.5. The number of anilines is 3. The summed E-state index contributed by atoms with van der Waals surface area (Å²) in [6, 6.07) is 56.2. The van der Waals surface area contributed by atoms with Crippen LogP contribution in [-0.2, 0) is 0 Å². The van der Waals surface area contributed by atoms with E-state index in [0.29, 0.717) is 0 Å². The minimum Gasteiger partial charge on any atom is -0.310 e. The van der Waals surface area contributed by atoms with Gasteiger partial charge in [0.1, 0.15) is 5.65 Å². The van der Waals surface area contributed by atoms with Gasteiger partial charge in [0.15, 0.2) is 0 Å². The molecular formula is C41H28N4. The first-order valence-corrected chi connectivity index (χ1v) is 15.2. The minimum absolute atomic E-state index is 0.942. The Morgan fingerprint density at radius 1 is 0.489 bits per heavy atom. The fourth-order valence-corrected chi connectivity index (χ4v) is 6.57. The molecular weight excluding hydrogens is 548 g/mol. The maximum absolute atomic E-state index is 4.83. The van der Waals surface area contributed by atoms with E-state index in [1.807, 2.05) is 24.4 Å². The molecule has 3 aromatic heterocycles. The fraction of sp³-hybridized carbons (Fsp3) is 0. The van der Waals surface area contributed by atoms with E-state index >= 15 is 0 Å². The number of imidazole rings is 1. The average Bonchev–Trinajstić information content (AvgIpc) is 3.69. The Bertz CT molecular complexity index is 2400. The summed E-state index contributed by atoms with van der Waals surface area (Å²) in [5, 5.41) is 4.97. The molecule has 4 heteroatoms. The van der Waals surface area contributed by atoms with Crippen molar-refractivity contribution >= 4 is 55.3 Å². The lowest BCUT2D eigenvalue weighted by Crippen LogP contribution is -2.10. The van der Waals surface area contributed by atoms with E-state index in [0.717, 1.165) is 39.7 Å². The molecule has 9 aromatic rings. The largest absolute Gasteiger partial charge is 0.310 e. The maximum atomic E-state index is 4.83. The van der Waals surface area contributed by atoms with Crippen molar-refractivity contribution in [2.24, 2.45) is 0 Å². The molecule has 0 fully saturated rings. The molecule has 0 saturated carbocycles. The first-order valence-electron chi connectivity index (χ1n) is 15.2. The lowest BCUT2D eigenvalue weighted by molar-refractivity contribution is 1.17. The summed E-state index contributed by atoms with van der Waals surface area (Å²) >= 11 is 0. The van der Waals surface area contributed by atoms with Crippen LogP contribution in [0.2, 0.25) is 0 Å². The molecule has 6 aromatic carbocycles. The number of nitrogens with zero attached hydrogens (tertiary/aromatic N) is 4. The fourth-order valence-electron chi connectivity index (χ4n) is 6.57. The van der Waals surface area contributed by atoms with Crippen LogP contribution in [-0.4, -0.2) is 14.0 Å². The Balaban J connectivity index is 1.16. The van der Waals surface area contributed by atoms with Gasteiger partial charge in [0, 0.05) is 51.5 Å². The molecule has 0 unspecified atom stereocenters. The Morgan fingerprint density at radius 3 is 1.80 bits per heavy atom. The van der Waals surface area contributed by atoms with Crippen molar-refractivity contribution in [3.8, 4) is 16.9 Å². The van der Waals surface area contributed by atoms with Crippen molar-refractivity contribution in [3.63, 3.8) is 0 Å². The van der Waals surface area contributed by atoms with Crippen LogP contribution in [0.15, 0.2) is 170 Å². The number of hydrogen-bond acceptors (Lipinski definition) is 2. The summed E-state index contributed by atoms with van der Waals surface area (Å²) in [6.45, 7) is 0. The predicted octanol–water partition coefficient (Wildman–Crippen LogP) is 10.7. The summed E-state index contributed by atoms with van der Waals surface area (Å²) < 4.78 is 4.42. The first kappa shape index (κ1) is 25.4. The Labute approximate surface area is 260 Å². The van der Waals surface area contributed by atoms with Gasteiger partial charge in [-0.1, -0.05) is 84.9 Å². The van der Waals surface area contributed by atoms with Crippen LogP contribution in [0.1, 0.15) is 0 Å². The molecule has 0 radical (unpaired) electrons. The number of hydrogen-bond donors (Lipinski definition) is 0. The van der Waals surface area contributed by atoms with Gasteiger partial charge in [-0.2, -0.15) is 0 Å². The highest BCUT2D eigenvalue weighted by molar-refractivity contribution is 6.09. The topological polar surface area (TPSA) is 25.5 Å². The second-order valence-electron chi connectivity index (χ2n) is 11.4. The van der Waals surface area contributed by atoms with Gasteiger partial charge in [-0.15, -0.1) is 0 Å². The van der Waals surface area contributed by atoms with Crippen molar-refractivity contribution in [2.45, 2.75) is 0 Å². The lowest BCUT2D eigenvalue weighted by atomic mass is 10.1. The van der Waals surface area contributed by atoms with Crippen LogP contribution in [0, 0.1) is 0 Å². The lowest BCUT2D eigenvalue weighted by Gasteiger charge is -2.26. The van der Waals surface area contributed by atoms with Crippen LogP contribution >= 0.6 is 0 Å². The highest BCUT2D eigenvalue weighted by atomic mass is 15.1. The number of aromatic nitrogens is 3. The molecule has 0 atom stereocenters. The van der Waals surface area contributed by atoms with E-state index in [1.54, 1.807) is 0 Å². The van der Waals surface area contributed by atoms with Crippen LogP contribution in [0.3, 0.4) is 0 Å². The van der Waals surface area contributed by atoms with Crippen molar-refractivity contribution < 1.29 is 0 Å². The molecule has 0 amide bonds. The Hall–Kier alpha value is -6.13. The van der Waals surface area contributed by atoms with Gasteiger partial charge in [0.05, 0.1) is 16.7 Å². The van der Waals surface area contributed by atoms with Crippen LogP contribution in [0.4, 0.5) is 17.1 Å². The number of rotatable bonds is 5. The molecule has 0 aliphatic carbocycles. The van der Waals surface area contributed by atoms with E-state index in [2.05, 4.69) is 160 Å². The Kier molecular flexibility index (Phi) is 5.78. The molecule has 9 rings (SSSR count). The van der Waals surface area contributed by atoms with Crippen LogP contribution in [0.25, 0.3) is 55.2 Å². The van der Waals surface area contributed by atoms with Gasteiger partial charge >= 0.3 is 0 Å². The summed E-state index contributed by atoms with van der Waals surface area (Å²) in [7, 11) is 0. The highest BCUT2D eigenvalue weighted by Crippen LogP contribution is 2.38. The summed E-state index contributed by atoms with van der Waals surface area (Å²) in [6.07, 6.45) is 4.11. The number of pyridine rings is 1. The second kappa shape index (κ2) is 10.2. The van der Waals surface area contributed by atoms with E-state index in [9.17, 15) is 0 Å². The van der Waals surface area contributed by atoms with E-state index < -0.39 is 0 Å². The second-order valence-corrected chi connectivity index (χ2v) is 11.4. The van der Waals surface area contributed by atoms with Crippen molar-refractivity contribution in [1.82, 2.24) is 14.0 Å². The van der Waals surface area contributed by atoms with E-state index in [1.165, 1.54) is 32.6 Å². The van der Waals surface area contributed by atoms with Gasteiger partial charge < -0.3 is 13.9 Å². The highest BCUT2D eigenvalue weighted by Gasteiger charge is 2.16. The van der Waals surface area contributed by atoms with Gasteiger partial charge in [-0.25, -0.2) is 4.98 Å². The molecule has 3 heterocycles. The molecule has 45 heavy (non-hydrogen) atoms. The zero-order valence-corrected chi connectivity index (χ0v) is 24.5.